The summed E-state index contributed by atoms with van der Waals surface area (Å²) in [6.07, 6.45) is 19.6. The molecule has 0 amide bonds. The summed E-state index contributed by atoms with van der Waals surface area (Å²) in [6, 6.07) is 0. The molecule has 0 aliphatic heterocycles. The van der Waals surface area contributed by atoms with E-state index in [1.54, 1.807) is 5.57 Å². The first kappa shape index (κ1) is 22.4. The van der Waals surface area contributed by atoms with Crippen molar-refractivity contribution in [3.63, 3.8) is 0 Å². The zero-order chi connectivity index (χ0) is 21.0. The van der Waals surface area contributed by atoms with Crippen LogP contribution in [0.4, 0.5) is 0 Å². The third-order valence-electron chi connectivity index (χ3n) is 8.57. The average molecular weight is 399 g/mol. The van der Waals surface area contributed by atoms with Gasteiger partial charge in [0.2, 0.25) is 0 Å². The summed E-state index contributed by atoms with van der Waals surface area (Å²) < 4.78 is 0. The van der Waals surface area contributed by atoms with Gasteiger partial charge in [0.15, 0.2) is 0 Å². The molecule has 2 heteroatoms. The van der Waals surface area contributed by atoms with E-state index in [1.165, 1.54) is 75.4 Å². The van der Waals surface area contributed by atoms with E-state index in [0.29, 0.717) is 11.3 Å². The Kier molecular flexibility index (Phi) is 7.46. The highest BCUT2D eigenvalue weighted by Crippen LogP contribution is 2.59. The molecule has 3 aliphatic rings. The van der Waals surface area contributed by atoms with Crippen molar-refractivity contribution >= 4 is 5.97 Å². The Balaban J connectivity index is 1.64. The van der Waals surface area contributed by atoms with Crippen molar-refractivity contribution in [2.45, 2.75) is 97.8 Å². The summed E-state index contributed by atoms with van der Waals surface area (Å²) in [5.74, 6) is 1.37. The molecule has 3 aliphatic carbocycles. The number of hydrogen-bond donors (Lipinski definition) is 1. The van der Waals surface area contributed by atoms with E-state index in [2.05, 4.69) is 32.6 Å². The number of hydrogen-bond acceptors (Lipinski definition) is 1. The predicted molar refractivity (Wildman–Crippen MR) is 122 cm³/mol. The molecular weight excluding hydrogens is 356 g/mol. The molecule has 0 bridgehead atoms. The van der Waals surface area contributed by atoms with Crippen LogP contribution in [0.3, 0.4) is 0 Å². The van der Waals surface area contributed by atoms with Crippen LogP contribution in [0.5, 0.6) is 0 Å². The molecule has 29 heavy (non-hydrogen) atoms. The molecule has 2 nitrogen and oxygen atoms in total. The number of allylic oxidation sites excluding steroid dienone is 5. The van der Waals surface area contributed by atoms with E-state index in [1.807, 2.05) is 6.92 Å². The Morgan fingerprint density at radius 2 is 1.90 bits per heavy atom. The Labute approximate surface area is 178 Å². The van der Waals surface area contributed by atoms with Gasteiger partial charge in [0.1, 0.15) is 0 Å². The van der Waals surface area contributed by atoms with Gasteiger partial charge in [0, 0.05) is 0 Å². The molecule has 0 aromatic heterocycles. The first-order valence-electron chi connectivity index (χ1n) is 12.1. The van der Waals surface area contributed by atoms with E-state index in [0.717, 1.165) is 24.7 Å². The van der Waals surface area contributed by atoms with Gasteiger partial charge in [-0.05, 0) is 93.0 Å². The van der Waals surface area contributed by atoms with Crippen LogP contribution in [-0.2, 0) is 4.79 Å². The maximum Gasteiger partial charge on any atom is 0.306 e. The van der Waals surface area contributed by atoms with Crippen molar-refractivity contribution in [2.24, 2.45) is 29.1 Å². The molecule has 1 unspecified atom stereocenters. The fraction of sp³-hybridized carbons (Fsp3) is 0.741. The van der Waals surface area contributed by atoms with Crippen LogP contribution in [0.2, 0.25) is 0 Å². The second-order valence-corrected chi connectivity index (χ2v) is 10.5. The second-order valence-electron chi connectivity index (χ2n) is 10.5. The van der Waals surface area contributed by atoms with E-state index in [4.69, 9.17) is 5.11 Å². The quantitative estimate of drug-likeness (QED) is 0.477. The van der Waals surface area contributed by atoms with Crippen molar-refractivity contribution in [1.82, 2.24) is 0 Å². The second kappa shape index (κ2) is 9.67. The van der Waals surface area contributed by atoms with Crippen LogP contribution in [0, 0.1) is 29.1 Å². The number of carbonyl (C=O) groups is 1. The molecule has 3 rings (SSSR count). The third kappa shape index (κ3) is 5.06. The lowest BCUT2D eigenvalue weighted by molar-refractivity contribution is -0.141. The normalized spacial score (nSPS) is 34.9. The van der Waals surface area contributed by atoms with Gasteiger partial charge in [-0.3, -0.25) is 4.79 Å². The van der Waals surface area contributed by atoms with Gasteiger partial charge >= 0.3 is 5.97 Å². The Morgan fingerprint density at radius 1 is 1.14 bits per heavy atom. The zero-order valence-corrected chi connectivity index (χ0v) is 19.0. The maximum atomic E-state index is 11.1. The SMILES string of the molecule is C=C1CCCC/C1=C/C=C1\CCC[C@]2(C)[C@@H]([C@H](C)CCCC(C)C(=O)O)CC[C@@H]12. The van der Waals surface area contributed by atoms with Crippen molar-refractivity contribution in [2.75, 3.05) is 0 Å². The van der Waals surface area contributed by atoms with Gasteiger partial charge in [0.05, 0.1) is 5.92 Å². The molecule has 0 saturated heterocycles. The van der Waals surface area contributed by atoms with Crippen LogP contribution in [0.25, 0.3) is 0 Å². The van der Waals surface area contributed by atoms with Crippen LogP contribution in [0.1, 0.15) is 97.8 Å². The summed E-state index contributed by atoms with van der Waals surface area (Å²) in [5, 5.41) is 9.13. The van der Waals surface area contributed by atoms with Crippen molar-refractivity contribution in [3.05, 3.63) is 35.5 Å². The van der Waals surface area contributed by atoms with Crippen LogP contribution in [0.15, 0.2) is 35.5 Å². The van der Waals surface area contributed by atoms with Gasteiger partial charge in [-0.1, -0.05) is 63.5 Å². The van der Waals surface area contributed by atoms with E-state index in [-0.39, 0.29) is 5.92 Å². The fourth-order valence-electron chi connectivity index (χ4n) is 6.68. The topological polar surface area (TPSA) is 37.3 Å². The highest BCUT2D eigenvalue weighted by Gasteiger charge is 2.50. The van der Waals surface area contributed by atoms with E-state index in [9.17, 15) is 4.79 Å². The molecule has 0 aromatic rings. The van der Waals surface area contributed by atoms with Gasteiger partial charge in [-0.2, -0.15) is 0 Å². The van der Waals surface area contributed by atoms with Crippen LogP contribution < -0.4 is 0 Å². The highest BCUT2D eigenvalue weighted by molar-refractivity contribution is 5.69. The molecule has 0 heterocycles. The first-order chi connectivity index (χ1) is 13.8. The lowest BCUT2D eigenvalue weighted by atomic mass is 9.60. The molecule has 162 valence electrons. The van der Waals surface area contributed by atoms with Gasteiger partial charge in [-0.25, -0.2) is 0 Å². The van der Waals surface area contributed by atoms with Crippen LogP contribution >= 0.6 is 0 Å². The van der Waals surface area contributed by atoms with Crippen molar-refractivity contribution in [1.29, 1.82) is 0 Å². The van der Waals surface area contributed by atoms with Crippen molar-refractivity contribution in [3.8, 4) is 0 Å². The lowest BCUT2D eigenvalue weighted by Gasteiger charge is -2.44. The Hall–Kier alpha value is -1.31. The number of fused-ring (bicyclic) bond motifs is 1. The third-order valence-corrected chi connectivity index (χ3v) is 8.57. The van der Waals surface area contributed by atoms with Crippen LogP contribution in [-0.4, -0.2) is 11.1 Å². The summed E-state index contributed by atoms with van der Waals surface area (Å²) in [6.45, 7) is 11.1. The maximum absolute atomic E-state index is 11.1. The summed E-state index contributed by atoms with van der Waals surface area (Å²) in [7, 11) is 0. The molecule has 0 aromatic carbocycles. The lowest BCUT2D eigenvalue weighted by Crippen LogP contribution is -2.36. The van der Waals surface area contributed by atoms with Crippen molar-refractivity contribution < 1.29 is 9.90 Å². The van der Waals surface area contributed by atoms with Gasteiger partial charge in [-0.15, -0.1) is 0 Å². The predicted octanol–water partition coefficient (Wildman–Crippen LogP) is 7.71. The van der Waals surface area contributed by atoms with E-state index < -0.39 is 5.97 Å². The Morgan fingerprint density at radius 3 is 2.62 bits per heavy atom. The smallest absolute Gasteiger partial charge is 0.306 e. The molecule has 0 spiro atoms. The fourth-order valence-corrected chi connectivity index (χ4v) is 6.68. The molecule has 1 N–H and O–H groups in total. The minimum atomic E-state index is -0.651. The highest BCUT2D eigenvalue weighted by atomic mass is 16.4. The minimum absolute atomic E-state index is 0.207. The molecule has 3 saturated carbocycles. The molecule has 5 atom stereocenters. The summed E-state index contributed by atoms with van der Waals surface area (Å²) in [5.41, 5.74) is 4.98. The summed E-state index contributed by atoms with van der Waals surface area (Å²) in [4.78, 5) is 11.1. The monoisotopic (exact) mass is 398 g/mol. The van der Waals surface area contributed by atoms with Gasteiger partial charge in [0.25, 0.3) is 0 Å². The minimum Gasteiger partial charge on any atom is -0.481 e. The van der Waals surface area contributed by atoms with Gasteiger partial charge < -0.3 is 5.11 Å². The average Bonchev–Trinajstić information content (AvgIpc) is 3.04. The standard InChI is InChI=1S/C27H42O2/c1-19-9-5-6-12-22(19)14-15-23-13-8-18-27(4)24(16-17-25(23)27)20(2)10-7-11-21(3)26(28)29/h14-15,20-21,24-25H,1,5-13,16-18H2,2-4H3,(H,28,29)/b22-14-,23-15+/t20-,21?,24-,25+,27-/m1/s1. The van der Waals surface area contributed by atoms with E-state index >= 15 is 0 Å². The number of rotatable bonds is 7. The summed E-state index contributed by atoms with van der Waals surface area (Å²) >= 11 is 0. The number of carboxylic acids is 1. The zero-order valence-electron chi connectivity index (χ0n) is 19.0. The number of aliphatic carboxylic acids is 1. The molecular formula is C27H42O2. The largest absolute Gasteiger partial charge is 0.481 e. The molecule has 3 fully saturated rings. The number of carboxylic acid groups (broad SMARTS) is 1. The molecule has 0 radical (unpaired) electrons. The first-order valence-corrected chi connectivity index (χ1v) is 12.1. The Bertz CT molecular complexity index is 670.